The zero-order valence-corrected chi connectivity index (χ0v) is 14.9. The van der Waals surface area contributed by atoms with Crippen molar-refractivity contribution in [3.8, 4) is 5.75 Å². The summed E-state index contributed by atoms with van der Waals surface area (Å²) in [5, 5.41) is 14.4. The van der Waals surface area contributed by atoms with Gasteiger partial charge in [-0.2, -0.15) is 13.2 Å². The molecule has 0 saturated heterocycles. The third-order valence-electron chi connectivity index (χ3n) is 5.46. The SMILES string of the molecule is COc1ccc([C@H]2Nc3c(cccc3C(F)(F)F)[C@@H]3C=CC[C@@H]23)cc1[N+](=O)[O-]. The number of alkyl halides is 3. The highest BCUT2D eigenvalue weighted by Gasteiger charge is 2.43. The van der Waals surface area contributed by atoms with Crippen molar-refractivity contribution in [1.82, 2.24) is 0 Å². The van der Waals surface area contributed by atoms with Crippen LogP contribution in [0.5, 0.6) is 5.75 Å². The zero-order valence-electron chi connectivity index (χ0n) is 14.9. The Balaban J connectivity index is 1.83. The predicted molar refractivity (Wildman–Crippen MR) is 97.4 cm³/mol. The third-order valence-corrected chi connectivity index (χ3v) is 5.46. The zero-order chi connectivity index (χ0) is 20.1. The Morgan fingerprint density at radius 1 is 1.25 bits per heavy atom. The minimum Gasteiger partial charge on any atom is -0.490 e. The summed E-state index contributed by atoms with van der Waals surface area (Å²) in [4.78, 5) is 10.8. The van der Waals surface area contributed by atoms with E-state index in [-0.39, 0.29) is 29.0 Å². The molecule has 0 spiro atoms. The summed E-state index contributed by atoms with van der Waals surface area (Å²) < 4.78 is 45.7. The fourth-order valence-corrected chi connectivity index (χ4v) is 4.23. The molecule has 2 aromatic rings. The normalized spacial score (nSPS) is 22.9. The van der Waals surface area contributed by atoms with Gasteiger partial charge < -0.3 is 10.1 Å². The van der Waals surface area contributed by atoms with Gasteiger partial charge in [-0.05, 0) is 35.6 Å². The lowest BCUT2D eigenvalue weighted by Crippen LogP contribution is -2.30. The number of nitro benzene ring substituents is 1. The fourth-order valence-electron chi connectivity index (χ4n) is 4.23. The summed E-state index contributed by atoms with van der Waals surface area (Å²) in [6.07, 6.45) is 0.0640. The van der Waals surface area contributed by atoms with E-state index in [0.717, 1.165) is 6.07 Å². The maximum Gasteiger partial charge on any atom is 0.418 e. The Hall–Kier alpha value is -3.03. The number of benzene rings is 2. The second kappa shape index (κ2) is 6.54. The largest absolute Gasteiger partial charge is 0.490 e. The first-order valence-electron chi connectivity index (χ1n) is 8.77. The third kappa shape index (κ3) is 2.89. The van der Waals surface area contributed by atoms with Crippen molar-refractivity contribution < 1.29 is 22.8 Å². The predicted octanol–water partition coefficient (Wildman–Crippen LogP) is 5.45. The monoisotopic (exact) mass is 390 g/mol. The van der Waals surface area contributed by atoms with Gasteiger partial charge in [-0.15, -0.1) is 0 Å². The van der Waals surface area contributed by atoms with Crippen molar-refractivity contribution in [2.75, 3.05) is 12.4 Å². The van der Waals surface area contributed by atoms with Gasteiger partial charge in [0.25, 0.3) is 0 Å². The van der Waals surface area contributed by atoms with E-state index in [1.165, 1.54) is 25.3 Å². The highest BCUT2D eigenvalue weighted by atomic mass is 19.4. The summed E-state index contributed by atoms with van der Waals surface area (Å²) in [6, 6.07) is 8.23. The molecule has 0 radical (unpaired) electrons. The van der Waals surface area contributed by atoms with Gasteiger partial charge in [0.15, 0.2) is 5.75 Å². The van der Waals surface area contributed by atoms with Crippen LogP contribution in [0.2, 0.25) is 0 Å². The number of fused-ring (bicyclic) bond motifs is 3. The molecular weight excluding hydrogens is 373 g/mol. The maximum absolute atomic E-state index is 13.6. The summed E-state index contributed by atoms with van der Waals surface area (Å²) in [6.45, 7) is 0. The first-order valence-corrected chi connectivity index (χ1v) is 8.77. The molecule has 0 bridgehead atoms. The van der Waals surface area contributed by atoms with Crippen LogP contribution in [0.4, 0.5) is 24.5 Å². The van der Waals surface area contributed by atoms with Crippen LogP contribution in [-0.4, -0.2) is 12.0 Å². The Morgan fingerprint density at radius 2 is 2.04 bits per heavy atom. The van der Waals surface area contributed by atoms with Gasteiger partial charge >= 0.3 is 11.9 Å². The van der Waals surface area contributed by atoms with E-state index in [1.54, 1.807) is 12.1 Å². The average Bonchev–Trinajstić information content (AvgIpc) is 3.15. The molecule has 0 amide bonds. The number of nitrogens with one attached hydrogen (secondary N) is 1. The molecule has 0 unspecified atom stereocenters. The van der Waals surface area contributed by atoms with Gasteiger partial charge in [0.05, 0.1) is 29.3 Å². The molecule has 8 heteroatoms. The molecule has 3 atom stereocenters. The number of hydrogen-bond acceptors (Lipinski definition) is 4. The molecule has 2 aliphatic rings. The molecule has 146 valence electrons. The molecule has 0 fully saturated rings. The maximum atomic E-state index is 13.6. The molecule has 28 heavy (non-hydrogen) atoms. The van der Waals surface area contributed by atoms with E-state index < -0.39 is 22.7 Å². The number of rotatable bonds is 3. The van der Waals surface area contributed by atoms with Crippen LogP contribution < -0.4 is 10.1 Å². The molecule has 2 aromatic carbocycles. The van der Waals surface area contributed by atoms with Gasteiger partial charge in [0.1, 0.15) is 0 Å². The Morgan fingerprint density at radius 3 is 2.71 bits per heavy atom. The molecule has 4 rings (SSSR count). The molecule has 1 aliphatic heterocycles. The highest BCUT2D eigenvalue weighted by Crippen LogP contribution is 2.53. The number of methoxy groups -OCH3 is 1. The van der Waals surface area contributed by atoms with E-state index in [2.05, 4.69) is 5.32 Å². The number of allylic oxidation sites excluding steroid dienone is 2. The lowest BCUT2D eigenvalue weighted by atomic mass is 9.76. The first kappa shape index (κ1) is 18.3. The second-order valence-corrected chi connectivity index (χ2v) is 6.93. The molecule has 1 heterocycles. The van der Waals surface area contributed by atoms with Crippen molar-refractivity contribution in [2.24, 2.45) is 5.92 Å². The summed E-state index contributed by atoms with van der Waals surface area (Å²) >= 11 is 0. The van der Waals surface area contributed by atoms with Crippen molar-refractivity contribution >= 4 is 11.4 Å². The fraction of sp³-hybridized carbons (Fsp3) is 0.300. The van der Waals surface area contributed by atoms with Crippen LogP contribution in [0.25, 0.3) is 0 Å². The lowest BCUT2D eigenvalue weighted by molar-refractivity contribution is -0.385. The van der Waals surface area contributed by atoms with E-state index in [9.17, 15) is 23.3 Å². The lowest BCUT2D eigenvalue weighted by Gasteiger charge is -2.38. The van der Waals surface area contributed by atoms with Crippen LogP contribution in [0.3, 0.4) is 0 Å². The van der Waals surface area contributed by atoms with Crippen LogP contribution in [0.1, 0.15) is 35.1 Å². The Bertz CT molecular complexity index is 972. The molecule has 0 aromatic heterocycles. The van der Waals surface area contributed by atoms with Gasteiger partial charge in [0, 0.05) is 12.0 Å². The van der Waals surface area contributed by atoms with Crippen LogP contribution in [-0.2, 0) is 6.18 Å². The van der Waals surface area contributed by atoms with Gasteiger partial charge in [-0.3, -0.25) is 10.1 Å². The minimum atomic E-state index is -4.50. The number of para-hydroxylation sites is 1. The van der Waals surface area contributed by atoms with E-state index in [4.69, 9.17) is 4.74 Å². The molecular formula is C20H17F3N2O3. The van der Waals surface area contributed by atoms with Gasteiger partial charge in [-0.25, -0.2) is 0 Å². The number of nitrogens with zero attached hydrogens (tertiary/aromatic N) is 1. The summed E-state index contributed by atoms with van der Waals surface area (Å²) in [7, 11) is 1.34. The van der Waals surface area contributed by atoms with Gasteiger partial charge in [0.2, 0.25) is 0 Å². The van der Waals surface area contributed by atoms with Crippen molar-refractivity contribution in [3.63, 3.8) is 0 Å². The number of halogens is 3. The Kier molecular flexibility index (Phi) is 4.28. The first-order chi connectivity index (χ1) is 13.3. The van der Waals surface area contributed by atoms with E-state index >= 15 is 0 Å². The summed E-state index contributed by atoms with van der Waals surface area (Å²) in [5.74, 6) is -0.0873. The van der Waals surface area contributed by atoms with E-state index in [1.807, 2.05) is 12.2 Å². The minimum absolute atomic E-state index is 0.0241. The van der Waals surface area contributed by atoms with Crippen molar-refractivity contribution in [2.45, 2.75) is 24.6 Å². The molecule has 1 aliphatic carbocycles. The standard InChI is InChI=1S/C20H17F3N2O3/c1-28-17-9-8-11(10-16(17)25(26)27)18-13-5-2-4-12(13)14-6-3-7-15(19(14)24-18)20(21,22)23/h2-4,6-10,12-13,18,24H,5H2,1H3/t12-,13-,18-/m1/s1. The molecule has 1 N–H and O–H groups in total. The van der Waals surface area contributed by atoms with Gasteiger partial charge in [-0.1, -0.05) is 30.4 Å². The Labute approximate surface area is 159 Å². The topological polar surface area (TPSA) is 64.4 Å². The van der Waals surface area contributed by atoms with E-state index in [0.29, 0.717) is 17.5 Å². The molecule has 5 nitrogen and oxygen atoms in total. The molecule has 0 saturated carbocycles. The number of ether oxygens (including phenoxy) is 1. The number of nitro groups is 1. The second-order valence-electron chi connectivity index (χ2n) is 6.93. The number of anilines is 1. The van der Waals surface area contributed by atoms with Crippen molar-refractivity contribution in [3.05, 3.63) is 75.4 Å². The van der Waals surface area contributed by atoms with Crippen LogP contribution >= 0.6 is 0 Å². The van der Waals surface area contributed by atoms with Crippen LogP contribution in [0.15, 0.2) is 48.6 Å². The smallest absolute Gasteiger partial charge is 0.418 e. The highest BCUT2D eigenvalue weighted by molar-refractivity contribution is 5.65. The summed E-state index contributed by atoms with van der Waals surface area (Å²) in [5.41, 5.74) is 0.281. The van der Waals surface area contributed by atoms with Crippen LogP contribution in [0, 0.1) is 16.0 Å². The van der Waals surface area contributed by atoms with Crippen molar-refractivity contribution in [1.29, 1.82) is 0 Å². The number of hydrogen-bond donors (Lipinski definition) is 1. The quantitative estimate of drug-likeness (QED) is 0.430. The average molecular weight is 390 g/mol.